The van der Waals surface area contributed by atoms with Crippen molar-refractivity contribution in [1.82, 2.24) is 19.9 Å². The number of nitrogens with zero attached hydrogens (tertiary/aromatic N) is 4. The number of amides is 1. The summed E-state index contributed by atoms with van der Waals surface area (Å²) in [5.74, 6) is 0.779. The Balaban J connectivity index is 1.10. The topological polar surface area (TPSA) is 84.3 Å². The fourth-order valence-electron chi connectivity index (χ4n) is 5.31. The molecule has 2 aliphatic rings. The summed E-state index contributed by atoms with van der Waals surface area (Å²) in [6.45, 7) is 3.64. The number of pyridine rings is 1. The van der Waals surface area contributed by atoms with Crippen molar-refractivity contribution in [1.29, 1.82) is 0 Å². The molecule has 2 N–H and O–H groups in total. The van der Waals surface area contributed by atoms with Crippen molar-refractivity contribution in [3.05, 3.63) is 89.5 Å². The molecule has 1 atom stereocenters. The summed E-state index contributed by atoms with van der Waals surface area (Å²) in [6, 6.07) is 16.3. The number of hydrogen-bond donors (Lipinski definition) is 2. The quantitative estimate of drug-likeness (QED) is 0.331. The molecule has 5 heterocycles. The van der Waals surface area contributed by atoms with E-state index in [4.69, 9.17) is 9.72 Å². The number of benzene rings is 1. The predicted octanol–water partition coefficient (Wildman–Crippen LogP) is 5.11. The predicted molar refractivity (Wildman–Crippen MR) is 150 cm³/mol. The van der Waals surface area contributed by atoms with Gasteiger partial charge in [-0.15, -0.1) is 11.3 Å². The molecule has 0 aliphatic carbocycles. The molecule has 38 heavy (non-hydrogen) atoms. The standard InChI is InChI=1S/C29H32N6O2S/c36-28(27-4-1-17-34(27)19-21-9-13-30-14-10-21)33-29-32-25(20-38-29)26-3-2-18-35(26)22-5-7-23(8-6-22)37-24-11-15-31-16-12-24/h1,4-10,13-14,17,20,24,26,31H,2-3,11-12,15-16,18-19H2,(H,32,33,36). The summed E-state index contributed by atoms with van der Waals surface area (Å²) in [5, 5.41) is 9.09. The Kier molecular flexibility index (Phi) is 7.37. The van der Waals surface area contributed by atoms with E-state index in [1.165, 1.54) is 17.0 Å². The van der Waals surface area contributed by atoms with Crippen molar-refractivity contribution in [3.63, 3.8) is 0 Å². The summed E-state index contributed by atoms with van der Waals surface area (Å²) in [7, 11) is 0. The van der Waals surface area contributed by atoms with E-state index in [0.717, 1.165) is 62.3 Å². The molecule has 0 spiro atoms. The number of anilines is 2. The van der Waals surface area contributed by atoms with Gasteiger partial charge in [-0.2, -0.15) is 0 Å². The van der Waals surface area contributed by atoms with Gasteiger partial charge in [-0.3, -0.25) is 15.1 Å². The van der Waals surface area contributed by atoms with Crippen molar-refractivity contribution in [3.8, 4) is 5.75 Å². The maximum absolute atomic E-state index is 13.1. The van der Waals surface area contributed by atoms with Gasteiger partial charge in [0.15, 0.2) is 5.13 Å². The molecule has 1 aromatic carbocycles. The zero-order valence-electron chi connectivity index (χ0n) is 21.3. The van der Waals surface area contributed by atoms with Gasteiger partial charge in [0.2, 0.25) is 0 Å². The monoisotopic (exact) mass is 528 g/mol. The van der Waals surface area contributed by atoms with E-state index in [1.54, 1.807) is 12.4 Å². The number of carbonyl (C=O) groups is 1. The molecular formula is C29H32N6O2S. The summed E-state index contributed by atoms with van der Waals surface area (Å²) in [6.07, 6.45) is 9.99. The number of nitrogens with one attached hydrogen (secondary N) is 2. The van der Waals surface area contributed by atoms with Crippen LogP contribution in [0.25, 0.3) is 0 Å². The summed E-state index contributed by atoms with van der Waals surface area (Å²) in [5.41, 5.74) is 3.88. The minimum absolute atomic E-state index is 0.155. The van der Waals surface area contributed by atoms with E-state index < -0.39 is 0 Å². The van der Waals surface area contributed by atoms with Crippen LogP contribution < -0.4 is 20.3 Å². The lowest BCUT2D eigenvalue weighted by Crippen LogP contribution is -2.34. The van der Waals surface area contributed by atoms with Crippen LogP contribution in [-0.2, 0) is 6.54 Å². The minimum Gasteiger partial charge on any atom is -0.490 e. The van der Waals surface area contributed by atoms with Gasteiger partial charge in [0.1, 0.15) is 17.5 Å². The van der Waals surface area contributed by atoms with Crippen molar-refractivity contribution in [2.24, 2.45) is 0 Å². The number of thiazole rings is 1. The lowest BCUT2D eigenvalue weighted by molar-refractivity contribution is 0.101. The highest BCUT2D eigenvalue weighted by Gasteiger charge is 2.29. The van der Waals surface area contributed by atoms with Gasteiger partial charge < -0.3 is 19.5 Å². The highest BCUT2D eigenvalue weighted by molar-refractivity contribution is 7.14. The van der Waals surface area contributed by atoms with Crippen LogP contribution in [0.1, 0.15) is 53.5 Å². The van der Waals surface area contributed by atoms with Gasteiger partial charge >= 0.3 is 0 Å². The van der Waals surface area contributed by atoms with Crippen LogP contribution in [0.5, 0.6) is 5.75 Å². The van der Waals surface area contributed by atoms with Gasteiger partial charge in [0, 0.05) is 42.7 Å². The first kappa shape index (κ1) is 24.6. The van der Waals surface area contributed by atoms with Gasteiger partial charge in [0.25, 0.3) is 5.91 Å². The second-order valence-corrected chi connectivity index (χ2v) is 10.7. The molecular weight excluding hydrogens is 496 g/mol. The Hall–Kier alpha value is -3.69. The molecule has 9 heteroatoms. The van der Waals surface area contributed by atoms with Crippen LogP contribution in [0.3, 0.4) is 0 Å². The van der Waals surface area contributed by atoms with E-state index in [0.29, 0.717) is 23.5 Å². The normalized spacial score (nSPS) is 18.0. The number of hydrogen-bond acceptors (Lipinski definition) is 7. The first-order valence-corrected chi connectivity index (χ1v) is 14.2. The van der Waals surface area contributed by atoms with Crippen LogP contribution >= 0.6 is 11.3 Å². The van der Waals surface area contributed by atoms with Crippen molar-refractivity contribution in [2.75, 3.05) is 29.9 Å². The fraction of sp³-hybridized carbons (Fsp3) is 0.345. The molecule has 1 amide bonds. The minimum atomic E-state index is -0.155. The molecule has 2 saturated heterocycles. The average Bonchev–Trinajstić information content (AvgIpc) is 3.72. The highest BCUT2D eigenvalue weighted by Crippen LogP contribution is 2.38. The third kappa shape index (κ3) is 5.58. The first-order valence-electron chi connectivity index (χ1n) is 13.3. The molecule has 4 aromatic rings. The van der Waals surface area contributed by atoms with E-state index in [-0.39, 0.29) is 11.9 Å². The summed E-state index contributed by atoms with van der Waals surface area (Å²) >= 11 is 1.48. The highest BCUT2D eigenvalue weighted by atomic mass is 32.1. The largest absolute Gasteiger partial charge is 0.490 e. The molecule has 196 valence electrons. The SMILES string of the molecule is O=C(Nc1nc(C2CCCN2c2ccc(OC3CCNCC3)cc2)cs1)c1cccn1Cc1ccncc1. The Morgan fingerprint density at radius 1 is 1.08 bits per heavy atom. The van der Waals surface area contributed by atoms with Crippen LogP contribution in [0.4, 0.5) is 10.8 Å². The number of carbonyl (C=O) groups excluding carboxylic acids is 1. The van der Waals surface area contributed by atoms with Crippen LogP contribution in [0.2, 0.25) is 0 Å². The smallest absolute Gasteiger partial charge is 0.274 e. The summed E-state index contributed by atoms with van der Waals surface area (Å²) in [4.78, 5) is 24.4. The zero-order chi connectivity index (χ0) is 25.7. The molecule has 1 unspecified atom stereocenters. The molecule has 2 fully saturated rings. The van der Waals surface area contributed by atoms with Crippen LogP contribution in [-0.4, -0.2) is 46.2 Å². The maximum atomic E-state index is 13.1. The molecule has 8 nitrogen and oxygen atoms in total. The number of rotatable bonds is 8. The van der Waals surface area contributed by atoms with E-state index in [1.807, 2.05) is 35.0 Å². The van der Waals surface area contributed by atoms with E-state index in [2.05, 4.69) is 50.2 Å². The van der Waals surface area contributed by atoms with E-state index in [9.17, 15) is 4.79 Å². The molecule has 2 aliphatic heterocycles. The van der Waals surface area contributed by atoms with E-state index >= 15 is 0 Å². The van der Waals surface area contributed by atoms with Crippen molar-refractivity contribution < 1.29 is 9.53 Å². The Labute approximate surface area is 226 Å². The maximum Gasteiger partial charge on any atom is 0.274 e. The second-order valence-electron chi connectivity index (χ2n) is 9.82. The molecule has 0 saturated carbocycles. The fourth-order valence-corrected chi connectivity index (χ4v) is 6.06. The molecule has 3 aromatic heterocycles. The summed E-state index contributed by atoms with van der Waals surface area (Å²) < 4.78 is 8.12. The third-order valence-electron chi connectivity index (χ3n) is 7.26. The van der Waals surface area contributed by atoms with Gasteiger partial charge in [0.05, 0.1) is 11.7 Å². The molecule has 0 radical (unpaired) electrons. The van der Waals surface area contributed by atoms with Gasteiger partial charge in [-0.1, -0.05) is 0 Å². The van der Waals surface area contributed by atoms with Crippen molar-refractivity contribution in [2.45, 2.75) is 44.4 Å². The number of piperidine rings is 1. The lowest BCUT2D eigenvalue weighted by atomic mass is 10.1. The second kappa shape index (κ2) is 11.4. The number of ether oxygens (including phenoxy) is 1. The van der Waals surface area contributed by atoms with Crippen molar-refractivity contribution >= 4 is 28.1 Å². The van der Waals surface area contributed by atoms with Gasteiger partial charge in [-0.05, 0) is 92.9 Å². The first-order chi connectivity index (χ1) is 18.7. The van der Waals surface area contributed by atoms with Crippen LogP contribution in [0.15, 0.2) is 72.5 Å². The average molecular weight is 529 g/mol. The Morgan fingerprint density at radius 3 is 2.71 bits per heavy atom. The third-order valence-corrected chi connectivity index (χ3v) is 8.03. The Bertz CT molecular complexity index is 1350. The Morgan fingerprint density at radius 2 is 1.89 bits per heavy atom. The molecule has 6 rings (SSSR count). The number of aromatic nitrogens is 3. The zero-order valence-corrected chi connectivity index (χ0v) is 22.1. The van der Waals surface area contributed by atoms with Gasteiger partial charge in [-0.25, -0.2) is 4.98 Å². The lowest BCUT2D eigenvalue weighted by Gasteiger charge is -2.27. The van der Waals surface area contributed by atoms with Crippen LogP contribution in [0, 0.1) is 0 Å². The molecule has 0 bridgehead atoms.